The number of hydrogen-bond donors (Lipinski definition) is 2. The average molecular weight is 319 g/mol. The van der Waals surface area contributed by atoms with Gasteiger partial charge in [-0.25, -0.2) is 18.6 Å². The topological polar surface area (TPSA) is 79.8 Å². The van der Waals surface area contributed by atoms with Gasteiger partial charge in [0.25, 0.3) is 6.43 Å². The van der Waals surface area contributed by atoms with E-state index in [1.165, 1.54) is 11.3 Å². The van der Waals surface area contributed by atoms with Crippen LogP contribution < -0.4 is 10.6 Å². The van der Waals surface area contributed by atoms with Gasteiger partial charge in [-0.1, -0.05) is 11.3 Å². The molecule has 1 atom stereocenters. The van der Waals surface area contributed by atoms with Crippen molar-refractivity contribution >= 4 is 33.8 Å². The number of aromatic nitrogens is 3. The van der Waals surface area contributed by atoms with E-state index in [1.807, 2.05) is 12.3 Å². The van der Waals surface area contributed by atoms with E-state index in [-0.39, 0.29) is 11.2 Å². The van der Waals surface area contributed by atoms with Gasteiger partial charge in [0.15, 0.2) is 5.01 Å². The van der Waals surface area contributed by atoms with Crippen LogP contribution in [0.25, 0.3) is 0 Å². The number of carbonyl (C=O) groups is 1. The van der Waals surface area contributed by atoms with Crippen molar-refractivity contribution in [1.29, 1.82) is 0 Å². The van der Waals surface area contributed by atoms with E-state index in [4.69, 9.17) is 0 Å². The quantitative estimate of drug-likeness (QED) is 0.907. The van der Waals surface area contributed by atoms with Crippen LogP contribution in [-0.4, -0.2) is 21.2 Å². The van der Waals surface area contributed by atoms with Crippen molar-refractivity contribution < 1.29 is 13.6 Å². The molecule has 0 aliphatic carbocycles. The molecule has 2 heterocycles. The number of hydrogen-bond acceptors (Lipinski definition) is 6. The van der Waals surface area contributed by atoms with Gasteiger partial charge >= 0.3 is 6.03 Å². The third kappa shape index (κ3) is 3.67. The van der Waals surface area contributed by atoms with Gasteiger partial charge in [0, 0.05) is 11.1 Å². The summed E-state index contributed by atoms with van der Waals surface area (Å²) < 4.78 is 24.6. The van der Waals surface area contributed by atoms with Crippen LogP contribution in [0.15, 0.2) is 5.38 Å². The molecule has 20 heavy (non-hydrogen) atoms. The Morgan fingerprint density at radius 1 is 1.35 bits per heavy atom. The standard InChI is InChI=1S/C10H11F2N5OS2/c1-4-3-19-7(13-4)5(2)14-9(18)15-10-17-16-8(20-10)6(11)12/h3,5-6H,1-2H3,(H2,14,15,17,18). The molecule has 0 aromatic carbocycles. The predicted molar refractivity (Wildman–Crippen MR) is 72.3 cm³/mol. The number of thiazole rings is 1. The summed E-state index contributed by atoms with van der Waals surface area (Å²) in [5, 5.41) is 14.0. The molecular formula is C10H11F2N5OS2. The second-order valence-electron chi connectivity index (χ2n) is 3.89. The minimum absolute atomic E-state index is 0.0281. The molecule has 0 bridgehead atoms. The molecule has 108 valence electrons. The van der Waals surface area contributed by atoms with Gasteiger partial charge in [-0.3, -0.25) is 5.32 Å². The summed E-state index contributed by atoms with van der Waals surface area (Å²) >= 11 is 2.07. The lowest BCUT2D eigenvalue weighted by molar-refractivity contribution is 0.150. The van der Waals surface area contributed by atoms with E-state index in [9.17, 15) is 13.6 Å². The molecule has 0 radical (unpaired) electrons. The number of alkyl halides is 2. The fourth-order valence-corrected chi connectivity index (χ4v) is 2.73. The summed E-state index contributed by atoms with van der Waals surface area (Å²) in [6.07, 6.45) is -2.69. The van der Waals surface area contributed by atoms with Gasteiger partial charge in [0.05, 0.1) is 6.04 Å². The Bertz CT molecular complexity index is 600. The number of halogens is 2. The molecule has 0 spiro atoms. The highest BCUT2D eigenvalue weighted by atomic mass is 32.1. The van der Waals surface area contributed by atoms with Gasteiger partial charge in [-0.05, 0) is 13.8 Å². The number of nitrogens with one attached hydrogen (secondary N) is 2. The van der Waals surface area contributed by atoms with Gasteiger partial charge in [-0.15, -0.1) is 21.5 Å². The fraction of sp³-hybridized carbons (Fsp3) is 0.400. The van der Waals surface area contributed by atoms with Crippen molar-refractivity contribution in [3.8, 4) is 0 Å². The SMILES string of the molecule is Cc1csc(C(C)NC(=O)Nc2nnc(C(F)F)s2)n1. The molecule has 10 heteroatoms. The normalized spacial score (nSPS) is 12.4. The number of rotatable bonds is 4. The molecule has 0 aliphatic rings. The van der Waals surface area contributed by atoms with Gasteiger partial charge in [0.2, 0.25) is 5.13 Å². The maximum atomic E-state index is 12.3. The Hall–Kier alpha value is -1.68. The number of anilines is 1. The van der Waals surface area contributed by atoms with Crippen molar-refractivity contribution in [3.63, 3.8) is 0 Å². The van der Waals surface area contributed by atoms with Crippen LogP contribution in [0.3, 0.4) is 0 Å². The van der Waals surface area contributed by atoms with E-state index in [1.54, 1.807) is 6.92 Å². The molecule has 0 saturated heterocycles. The van der Waals surface area contributed by atoms with Gasteiger partial charge in [0.1, 0.15) is 5.01 Å². The van der Waals surface area contributed by atoms with E-state index in [0.717, 1.165) is 10.7 Å². The molecule has 2 N–H and O–H groups in total. The first-order chi connectivity index (χ1) is 9.45. The number of carbonyl (C=O) groups excluding carboxylic acids is 1. The monoisotopic (exact) mass is 319 g/mol. The summed E-state index contributed by atoms with van der Waals surface area (Å²) in [6.45, 7) is 3.64. The Kier molecular flexibility index (Phi) is 4.55. The zero-order valence-electron chi connectivity index (χ0n) is 10.6. The van der Waals surface area contributed by atoms with E-state index < -0.39 is 17.5 Å². The predicted octanol–water partition coefficient (Wildman–Crippen LogP) is 3.12. The maximum Gasteiger partial charge on any atom is 0.321 e. The summed E-state index contributed by atoms with van der Waals surface area (Å²) in [7, 11) is 0. The molecule has 2 amide bonds. The van der Waals surface area contributed by atoms with Crippen molar-refractivity contribution in [1.82, 2.24) is 20.5 Å². The lowest BCUT2D eigenvalue weighted by Gasteiger charge is -2.10. The largest absolute Gasteiger partial charge is 0.329 e. The van der Waals surface area contributed by atoms with Crippen LogP contribution in [0.5, 0.6) is 0 Å². The molecule has 0 aliphatic heterocycles. The Balaban J connectivity index is 1.91. The fourth-order valence-electron chi connectivity index (χ4n) is 1.34. The minimum Gasteiger partial charge on any atom is -0.329 e. The molecule has 0 fully saturated rings. The Labute approximate surface area is 121 Å². The lowest BCUT2D eigenvalue weighted by Crippen LogP contribution is -2.31. The Morgan fingerprint density at radius 3 is 2.65 bits per heavy atom. The average Bonchev–Trinajstić information content (AvgIpc) is 2.98. The smallest absolute Gasteiger partial charge is 0.321 e. The van der Waals surface area contributed by atoms with Crippen LogP contribution in [0, 0.1) is 6.92 Å². The molecule has 0 saturated carbocycles. The van der Waals surface area contributed by atoms with E-state index in [0.29, 0.717) is 11.3 Å². The molecule has 1 unspecified atom stereocenters. The highest BCUT2D eigenvalue weighted by Crippen LogP contribution is 2.25. The van der Waals surface area contributed by atoms with Crippen molar-refractivity contribution in [2.24, 2.45) is 0 Å². The van der Waals surface area contributed by atoms with Crippen LogP contribution >= 0.6 is 22.7 Å². The van der Waals surface area contributed by atoms with Crippen LogP contribution in [0.2, 0.25) is 0 Å². The number of amides is 2. The van der Waals surface area contributed by atoms with Crippen molar-refractivity contribution in [2.45, 2.75) is 26.3 Å². The second kappa shape index (κ2) is 6.18. The molecule has 6 nitrogen and oxygen atoms in total. The van der Waals surface area contributed by atoms with E-state index >= 15 is 0 Å². The summed E-state index contributed by atoms with van der Waals surface area (Å²) in [5.41, 5.74) is 0.879. The van der Waals surface area contributed by atoms with Crippen molar-refractivity contribution in [2.75, 3.05) is 5.32 Å². The zero-order chi connectivity index (χ0) is 14.7. The Morgan fingerprint density at radius 2 is 2.10 bits per heavy atom. The lowest BCUT2D eigenvalue weighted by atomic mass is 10.3. The van der Waals surface area contributed by atoms with E-state index in [2.05, 4.69) is 25.8 Å². The van der Waals surface area contributed by atoms with Crippen LogP contribution in [-0.2, 0) is 0 Å². The highest BCUT2D eigenvalue weighted by molar-refractivity contribution is 7.15. The first-order valence-electron chi connectivity index (χ1n) is 5.57. The van der Waals surface area contributed by atoms with Crippen molar-refractivity contribution in [3.05, 3.63) is 21.1 Å². The molecule has 2 aromatic heterocycles. The first-order valence-corrected chi connectivity index (χ1v) is 7.26. The summed E-state index contributed by atoms with van der Waals surface area (Å²) in [5.74, 6) is 0. The minimum atomic E-state index is -2.69. The second-order valence-corrected chi connectivity index (χ2v) is 5.79. The summed E-state index contributed by atoms with van der Waals surface area (Å²) in [6, 6.07) is -0.821. The van der Waals surface area contributed by atoms with Gasteiger partial charge in [-0.2, -0.15) is 0 Å². The zero-order valence-corrected chi connectivity index (χ0v) is 12.2. The third-order valence-electron chi connectivity index (χ3n) is 2.20. The number of aryl methyl sites for hydroxylation is 1. The van der Waals surface area contributed by atoms with Crippen LogP contribution in [0.1, 0.15) is 35.1 Å². The summed E-state index contributed by atoms with van der Waals surface area (Å²) in [4.78, 5) is 15.9. The highest BCUT2D eigenvalue weighted by Gasteiger charge is 2.17. The maximum absolute atomic E-state index is 12.3. The number of urea groups is 1. The number of nitrogens with zero attached hydrogens (tertiary/aromatic N) is 3. The molecule has 2 aromatic rings. The van der Waals surface area contributed by atoms with Crippen LogP contribution in [0.4, 0.5) is 18.7 Å². The third-order valence-corrected chi connectivity index (χ3v) is 4.19. The molecular weight excluding hydrogens is 308 g/mol. The molecule has 2 rings (SSSR count). The van der Waals surface area contributed by atoms with Gasteiger partial charge < -0.3 is 5.32 Å². The first kappa shape index (κ1) is 14.7.